The second-order valence-corrected chi connectivity index (χ2v) is 11.0. The second-order valence-electron chi connectivity index (χ2n) is 7.73. The summed E-state index contributed by atoms with van der Waals surface area (Å²) in [5.41, 5.74) is 1.94. The van der Waals surface area contributed by atoms with Gasteiger partial charge in [0.2, 0.25) is 5.91 Å². The van der Waals surface area contributed by atoms with Crippen LogP contribution in [0.4, 0.5) is 10.5 Å². The largest absolute Gasteiger partial charge is 0.340 e. The highest BCUT2D eigenvalue weighted by atomic mass is 32.2. The number of thiophene rings is 1. The van der Waals surface area contributed by atoms with Crippen molar-refractivity contribution in [2.75, 3.05) is 43.4 Å². The van der Waals surface area contributed by atoms with Gasteiger partial charge < -0.3 is 9.80 Å². The van der Waals surface area contributed by atoms with Gasteiger partial charge in [-0.3, -0.25) is 9.69 Å². The number of aryl methyl sites for hydroxylation is 1. The maximum atomic E-state index is 12.9. The van der Waals surface area contributed by atoms with E-state index in [4.69, 9.17) is 0 Å². The molecule has 3 amide bonds. The molecule has 3 heterocycles. The molecule has 4 rings (SSSR count). The molecular formula is C21H25N3O4S2. The van der Waals surface area contributed by atoms with Gasteiger partial charge in [-0.15, -0.1) is 11.3 Å². The highest BCUT2D eigenvalue weighted by Crippen LogP contribution is 2.32. The quantitative estimate of drug-likeness (QED) is 0.722. The summed E-state index contributed by atoms with van der Waals surface area (Å²) >= 11 is 1.44. The van der Waals surface area contributed by atoms with E-state index in [2.05, 4.69) is 0 Å². The van der Waals surface area contributed by atoms with Gasteiger partial charge in [-0.2, -0.15) is 0 Å². The molecular weight excluding hydrogens is 422 g/mol. The number of sulfone groups is 1. The van der Waals surface area contributed by atoms with Crippen LogP contribution in [0.15, 0.2) is 41.8 Å². The highest BCUT2D eigenvalue weighted by Gasteiger charge is 2.35. The summed E-state index contributed by atoms with van der Waals surface area (Å²) in [6.07, 6.45) is 0.387. The summed E-state index contributed by atoms with van der Waals surface area (Å²) in [4.78, 5) is 31.3. The minimum absolute atomic E-state index is 0.0229. The monoisotopic (exact) mass is 447 g/mol. The van der Waals surface area contributed by atoms with Crippen LogP contribution >= 0.6 is 11.3 Å². The van der Waals surface area contributed by atoms with Gasteiger partial charge >= 0.3 is 6.03 Å². The van der Waals surface area contributed by atoms with Crippen molar-refractivity contribution in [2.45, 2.75) is 18.6 Å². The smallest absolute Gasteiger partial charge is 0.325 e. The molecule has 1 atom stereocenters. The average Bonchev–Trinajstić information content (AvgIpc) is 3.32. The number of benzene rings is 1. The van der Waals surface area contributed by atoms with Crippen LogP contribution in [0, 0.1) is 6.92 Å². The summed E-state index contributed by atoms with van der Waals surface area (Å²) < 4.78 is 25.4. The van der Waals surface area contributed by atoms with E-state index in [0.717, 1.165) is 16.1 Å². The van der Waals surface area contributed by atoms with E-state index in [1.165, 1.54) is 11.3 Å². The Labute approximate surface area is 180 Å². The lowest BCUT2D eigenvalue weighted by Crippen LogP contribution is -2.43. The molecule has 0 radical (unpaired) electrons. The summed E-state index contributed by atoms with van der Waals surface area (Å²) in [6.45, 7) is 3.53. The number of amides is 3. The fourth-order valence-corrected chi connectivity index (χ4v) is 6.95. The normalized spacial score (nSPS) is 21.7. The van der Waals surface area contributed by atoms with Crippen molar-refractivity contribution in [1.82, 2.24) is 9.80 Å². The topological polar surface area (TPSA) is 78.0 Å². The molecule has 7 nitrogen and oxygen atoms in total. The number of urea groups is 1. The zero-order valence-electron chi connectivity index (χ0n) is 16.9. The number of carbonyl (C=O) groups excluding carboxylic acids is 2. The van der Waals surface area contributed by atoms with Crippen LogP contribution in [0.2, 0.25) is 0 Å². The molecule has 1 unspecified atom stereocenters. The molecule has 2 saturated heterocycles. The van der Waals surface area contributed by atoms with Crippen LogP contribution in [0.25, 0.3) is 0 Å². The number of nitrogens with zero attached hydrogens (tertiary/aromatic N) is 3. The first-order valence-corrected chi connectivity index (χ1v) is 12.6. The van der Waals surface area contributed by atoms with Crippen LogP contribution in [-0.2, 0) is 14.6 Å². The zero-order chi connectivity index (χ0) is 21.3. The van der Waals surface area contributed by atoms with Gasteiger partial charge in [-0.05, 0) is 36.9 Å². The van der Waals surface area contributed by atoms with Gasteiger partial charge in [0.1, 0.15) is 6.54 Å². The second kappa shape index (κ2) is 8.39. The van der Waals surface area contributed by atoms with Crippen LogP contribution < -0.4 is 4.90 Å². The van der Waals surface area contributed by atoms with E-state index in [0.29, 0.717) is 26.1 Å². The molecule has 2 aliphatic heterocycles. The predicted octanol–water partition coefficient (Wildman–Crippen LogP) is 2.69. The third-order valence-corrected chi connectivity index (χ3v) is 8.96. The lowest BCUT2D eigenvalue weighted by Gasteiger charge is -2.24. The summed E-state index contributed by atoms with van der Waals surface area (Å²) in [5, 5.41) is 1.32. The van der Waals surface area contributed by atoms with Crippen molar-refractivity contribution >= 4 is 38.8 Å². The van der Waals surface area contributed by atoms with Crippen molar-refractivity contribution in [2.24, 2.45) is 0 Å². The molecule has 0 aliphatic carbocycles. The van der Waals surface area contributed by atoms with Gasteiger partial charge in [-0.25, -0.2) is 13.2 Å². The van der Waals surface area contributed by atoms with E-state index in [9.17, 15) is 18.0 Å². The SMILES string of the molecule is Cc1ccc(N2CCN(CC(=O)N3CCC(c4cccs4)S(=O)(=O)CC3)C2=O)cc1. The van der Waals surface area contributed by atoms with Gasteiger partial charge in [0.25, 0.3) is 0 Å². The Morgan fingerprint density at radius 1 is 1.10 bits per heavy atom. The molecule has 0 spiro atoms. The van der Waals surface area contributed by atoms with Gasteiger partial charge in [0, 0.05) is 36.7 Å². The number of anilines is 1. The fraction of sp³-hybridized carbons (Fsp3) is 0.429. The Morgan fingerprint density at radius 2 is 1.87 bits per heavy atom. The lowest BCUT2D eigenvalue weighted by atomic mass is 10.2. The molecule has 9 heteroatoms. The van der Waals surface area contributed by atoms with E-state index in [-0.39, 0.29) is 30.8 Å². The minimum atomic E-state index is -3.31. The Balaban J connectivity index is 1.39. The third kappa shape index (κ3) is 4.22. The van der Waals surface area contributed by atoms with E-state index in [1.807, 2.05) is 48.7 Å². The van der Waals surface area contributed by atoms with Crippen molar-refractivity contribution in [3.8, 4) is 0 Å². The van der Waals surface area contributed by atoms with Gasteiger partial charge in [-0.1, -0.05) is 23.8 Å². The Morgan fingerprint density at radius 3 is 2.57 bits per heavy atom. The van der Waals surface area contributed by atoms with Crippen molar-refractivity contribution < 1.29 is 18.0 Å². The Kier molecular flexibility index (Phi) is 5.84. The first-order valence-electron chi connectivity index (χ1n) is 10.0. The molecule has 0 saturated carbocycles. The first kappa shape index (κ1) is 20.9. The fourth-order valence-electron chi connectivity index (χ4n) is 3.94. The van der Waals surface area contributed by atoms with Crippen molar-refractivity contribution in [1.29, 1.82) is 0 Å². The maximum Gasteiger partial charge on any atom is 0.325 e. The molecule has 1 aromatic heterocycles. The predicted molar refractivity (Wildman–Crippen MR) is 118 cm³/mol. The highest BCUT2D eigenvalue weighted by molar-refractivity contribution is 7.91. The number of rotatable bonds is 4. The van der Waals surface area contributed by atoms with Crippen molar-refractivity contribution in [3.05, 3.63) is 52.2 Å². The number of hydrogen-bond acceptors (Lipinski definition) is 5. The lowest BCUT2D eigenvalue weighted by molar-refractivity contribution is -0.131. The molecule has 1 aromatic carbocycles. The molecule has 0 N–H and O–H groups in total. The maximum absolute atomic E-state index is 12.9. The summed E-state index contributed by atoms with van der Waals surface area (Å²) in [7, 11) is -3.31. The Bertz CT molecular complexity index is 1020. The minimum Gasteiger partial charge on any atom is -0.340 e. The van der Waals surface area contributed by atoms with Gasteiger partial charge in [0.05, 0.1) is 11.0 Å². The number of hydrogen-bond donors (Lipinski definition) is 0. The molecule has 30 heavy (non-hydrogen) atoms. The van der Waals surface area contributed by atoms with E-state index < -0.39 is 15.1 Å². The Hall–Kier alpha value is -2.39. The molecule has 2 aromatic rings. The van der Waals surface area contributed by atoms with Gasteiger partial charge in [0.15, 0.2) is 9.84 Å². The zero-order valence-corrected chi connectivity index (χ0v) is 18.5. The van der Waals surface area contributed by atoms with Crippen LogP contribution in [0.3, 0.4) is 0 Å². The van der Waals surface area contributed by atoms with Crippen LogP contribution in [0.1, 0.15) is 22.1 Å². The first-order chi connectivity index (χ1) is 14.3. The van der Waals surface area contributed by atoms with Crippen LogP contribution in [0.5, 0.6) is 0 Å². The van der Waals surface area contributed by atoms with E-state index >= 15 is 0 Å². The van der Waals surface area contributed by atoms with Crippen molar-refractivity contribution in [3.63, 3.8) is 0 Å². The molecule has 2 aliphatic rings. The third-order valence-electron chi connectivity index (χ3n) is 5.72. The van der Waals surface area contributed by atoms with E-state index in [1.54, 1.807) is 14.7 Å². The number of carbonyl (C=O) groups is 2. The molecule has 0 bridgehead atoms. The average molecular weight is 448 g/mol. The molecule has 2 fully saturated rings. The summed E-state index contributed by atoms with van der Waals surface area (Å²) in [6, 6.07) is 11.2. The summed E-state index contributed by atoms with van der Waals surface area (Å²) in [5.74, 6) is -0.249. The van der Waals surface area contributed by atoms with Crippen LogP contribution in [-0.4, -0.2) is 68.6 Å². The standard InChI is InChI=1S/C21H25N3O4S2/c1-16-4-6-17(7-5-16)24-11-10-23(21(24)26)15-20(25)22-9-8-19(18-3-2-13-29-18)30(27,28)14-12-22/h2-7,13,19H,8-12,14-15H2,1H3. The molecule has 160 valence electrons.